The number of carbonyl (C=O) groups is 1. The monoisotopic (exact) mass is 453 g/mol. The van der Waals surface area contributed by atoms with Gasteiger partial charge in [0.05, 0.1) is 5.70 Å². The maximum atomic E-state index is 13.1. The molecular formula is C26H36FN5O. The molecule has 3 aliphatic rings. The van der Waals surface area contributed by atoms with Crippen LogP contribution in [0.4, 0.5) is 10.1 Å². The molecule has 6 nitrogen and oxygen atoms in total. The van der Waals surface area contributed by atoms with Gasteiger partial charge in [-0.25, -0.2) is 4.39 Å². The summed E-state index contributed by atoms with van der Waals surface area (Å²) >= 11 is 0. The molecule has 1 amide bonds. The van der Waals surface area contributed by atoms with Crippen molar-refractivity contribution in [3.8, 4) is 0 Å². The molecule has 0 bridgehead atoms. The quantitative estimate of drug-likeness (QED) is 0.525. The SMILES string of the molecule is CC(=O)Nc1ccc(C2=CC=C(NC3CC4CN(Cc5ccc(F)cc5)C[C@H]4C3)NN2)cc1.[HH].[HH].[HH]. The van der Waals surface area contributed by atoms with Gasteiger partial charge in [0.1, 0.15) is 11.6 Å². The normalized spacial score (nSPS) is 24.2. The summed E-state index contributed by atoms with van der Waals surface area (Å²) in [4.78, 5) is 13.7. The van der Waals surface area contributed by atoms with Crippen molar-refractivity contribution >= 4 is 17.3 Å². The summed E-state index contributed by atoms with van der Waals surface area (Å²) in [7, 11) is 0. The van der Waals surface area contributed by atoms with Crippen molar-refractivity contribution in [1.82, 2.24) is 21.1 Å². The molecule has 33 heavy (non-hydrogen) atoms. The van der Waals surface area contributed by atoms with E-state index in [9.17, 15) is 9.18 Å². The molecule has 0 radical (unpaired) electrons. The molecule has 1 aliphatic carbocycles. The summed E-state index contributed by atoms with van der Waals surface area (Å²) < 4.78 is 13.1. The van der Waals surface area contributed by atoms with Crippen LogP contribution in [0.1, 0.15) is 35.2 Å². The van der Waals surface area contributed by atoms with E-state index in [1.165, 1.54) is 25.3 Å². The third kappa shape index (κ3) is 5.20. The summed E-state index contributed by atoms with van der Waals surface area (Å²) in [6, 6.07) is 15.1. The second-order valence-corrected chi connectivity index (χ2v) is 9.32. The first kappa shape index (κ1) is 21.5. The predicted octanol–water partition coefficient (Wildman–Crippen LogP) is 4.31. The highest BCUT2D eigenvalue weighted by molar-refractivity contribution is 5.88. The van der Waals surface area contributed by atoms with E-state index in [0.29, 0.717) is 17.9 Å². The molecule has 4 N–H and O–H groups in total. The highest BCUT2D eigenvalue weighted by Gasteiger charge is 2.40. The maximum absolute atomic E-state index is 13.1. The number of anilines is 1. The Morgan fingerprint density at radius 2 is 1.73 bits per heavy atom. The summed E-state index contributed by atoms with van der Waals surface area (Å²) in [5.74, 6) is 2.17. The third-order valence-electron chi connectivity index (χ3n) is 6.77. The predicted molar refractivity (Wildman–Crippen MR) is 134 cm³/mol. The number of halogens is 1. The number of hydrazine groups is 1. The molecule has 2 aromatic carbocycles. The first-order valence-corrected chi connectivity index (χ1v) is 11.6. The fourth-order valence-corrected chi connectivity index (χ4v) is 5.29. The Balaban J connectivity index is 0.00000152. The van der Waals surface area contributed by atoms with Gasteiger partial charge in [-0.3, -0.25) is 20.5 Å². The van der Waals surface area contributed by atoms with Gasteiger partial charge in [0.25, 0.3) is 0 Å². The zero-order chi connectivity index (χ0) is 22.8. The van der Waals surface area contributed by atoms with Crippen LogP contribution in [-0.2, 0) is 11.3 Å². The maximum Gasteiger partial charge on any atom is 0.221 e. The Labute approximate surface area is 198 Å². The Kier molecular flexibility index (Phi) is 6.05. The molecule has 0 spiro atoms. The zero-order valence-electron chi connectivity index (χ0n) is 18.8. The first-order valence-electron chi connectivity index (χ1n) is 11.6. The Morgan fingerprint density at radius 3 is 2.33 bits per heavy atom. The average Bonchev–Trinajstić information content (AvgIpc) is 3.34. The van der Waals surface area contributed by atoms with Crippen molar-refractivity contribution in [2.45, 2.75) is 32.4 Å². The number of amides is 1. The molecule has 2 heterocycles. The lowest BCUT2D eigenvalue weighted by atomic mass is 10.0. The summed E-state index contributed by atoms with van der Waals surface area (Å²) in [5.41, 5.74) is 10.5. The van der Waals surface area contributed by atoms with Gasteiger partial charge >= 0.3 is 0 Å². The van der Waals surface area contributed by atoms with Crippen molar-refractivity contribution in [3.05, 3.63) is 83.4 Å². The van der Waals surface area contributed by atoms with Crippen LogP contribution < -0.4 is 21.5 Å². The molecule has 2 aliphatic heterocycles. The average molecular weight is 454 g/mol. The van der Waals surface area contributed by atoms with Crippen LogP contribution in [0.25, 0.3) is 5.70 Å². The number of benzene rings is 2. The van der Waals surface area contributed by atoms with Crippen molar-refractivity contribution in [2.75, 3.05) is 18.4 Å². The molecule has 2 unspecified atom stereocenters. The lowest BCUT2D eigenvalue weighted by Gasteiger charge is -2.25. The largest absolute Gasteiger partial charge is 0.368 e. The molecule has 1 saturated heterocycles. The lowest BCUT2D eigenvalue weighted by molar-refractivity contribution is -0.114. The van der Waals surface area contributed by atoms with Crippen molar-refractivity contribution in [3.63, 3.8) is 0 Å². The Morgan fingerprint density at radius 1 is 1.03 bits per heavy atom. The highest BCUT2D eigenvalue weighted by Crippen LogP contribution is 2.39. The van der Waals surface area contributed by atoms with Crippen LogP contribution in [0.3, 0.4) is 0 Å². The minimum atomic E-state index is -0.173. The second kappa shape index (κ2) is 9.27. The van der Waals surface area contributed by atoms with Crippen molar-refractivity contribution < 1.29 is 13.5 Å². The number of hydrogen-bond acceptors (Lipinski definition) is 5. The standard InChI is InChI=1S/C26H30FN5O.3H2/c1-17(33)28-23-8-4-19(5-9-23)25-10-11-26(31-30-25)29-24-12-20-15-32(16-21(20)13-24)14-18-2-6-22(27)7-3-18;;;/h2-11,20-21,24,29-31H,12-16H2,1H3,(H,28,33);3*1H/t20-,21?,24?;;;/m1.../s1. The molecule has 3 atom stereocenters. The van der Waals surface area contributed by atoms with Crippen LogP contribution in [0.15, 0.2) is 66.5 Å². The molecule has 1 saturated carbocycles. The van der Waals surface area contributed by atoms with Gasteiger partial charge in [0.2, 0.25) is 5.91 Å². The summed E-state index contributed by atoms with van der Waals surface area (Å²) in [6.07, 6.45) is 6.48. The van der Waals surface area contributed by atoms with E-state index in [0.717, 1.165) is 42.4 Å². The molecule has 7 heteroatoms. The molecule has 2 fully saturated rings. The lowest BCUT2D eigenvalue weighted by Crippen LogP contribution is -2.41. The molecular weight excluding hydrogens is 417 g/mol. The van der Waals surface area contributed by atoms with Crippen molar-refractivity contribution in [1.29, 1.82) is 0 Å². The zero-order valence-corrected chi connectivity index (χ0v) is 18.8. The van der Waals surface area contributed by atoms with Gasteiger partial charge in [-0.1, -0.05) is 24.3 Å². The number of fused-ring (bicyclic) bond motifs is 1. The molecule has 2 aromatic rings. The van der Waals surface area contributed by atoms with Crippen molar-refractivity contribution in [2.24, 2.45) is 11.8 Å². The summed E-state index contributed by atoms with van der Waals surface area (Å²) in [6.45, 7) is 4.64. The fraction of sp³-hybridized carbons (Fsp3) is 0.346. The third-order valence-corrected chi connectivity index (χ3v) is 6.77. The Hall–Kier alpha value is -3.32. The van der Waals surface area contributed by atoms with Gasteiger partial charge in [-0.2, -0.15) is 0 Å². The molecule has 178 valence electrons. The number of allylic oxidation sites excluding steroid dienone is 2. The van der Waals surface area contributed by atoms with E-state index >= 15 is 0 Å². The van der Waals surface area contributed by atoms with Crippen LogP contribution in [0.2, 0.25) is 0 Å². The number of carbonyl (C=O) groups excluding carboxylic acids is 1. The fourth-order valence-electron chi connectivity index (χ4n) is 5.29. The van der Waals surface area contributed by atoms with Gasteiger partial charge in [0.15, 0.2) is 0 Å². The minimum Gasteiger partial charge on any atom is -0.368 e. The number of hydrogen-bond donors (Lipinski definition) is 4. The Bertz CT molecular complexity index is 1060. The van der Waals surface area contributed by atoms with Crippen LogP contribution in [-0.4, -0.2) is 29.9 Å². The van der Waals surface area contributed by atoms with E-state index in [2.05, 4.69) is 38.5 Å². The van der Waals surface area contributed by atoms with Crippen LogP contribution >= 0.6 is 0 Å². The van der Waals surface area contributed by atoms with E-state index < -0.39 is 0 Å². The smallest absolute Gasteiger partial charge is 0.221 e. The van der Waals surface area contributed by atoms with Gasteiger partial charge < -0.3 is 10.6 Å². The number of nitrogens with zero attached hydrogens (tertiary/aromatic N) is 1. The van der Waals surface area contributed by atoms with E-state index in [4.69, 9.17) is 0 Å². The second-order valence-electron chi connectivity index (χ2n) is 9.32. The van der Waals surface area contributed by atoms with E-state index in [1.807, 2.05) is 36.4 Å². The van der Waals surface area contributed by atoms with Crippen LogP contribution in [0, 0.1) is 17.7 Å². The van der Waals surface area contributed by atoms with Gasteiger partial charge in [-0.05, 0) is 72.2 Å². The topological polar surface area (TPSA) is 68.4 Å². The first-order chi connectivity index (χ1) is 16.0. The van der Waals surface area contributed by atoms with Gasteiger partial charge in [-0.15, -0.1) is 0 Å². The highest BCUT2D eigenvalue weighted by atomic mass is 19.1. The summed E-state index contributed by atoms with van der Waals surface area (Å²) in [5, 5.41) is 6.44. The van der Waals surface area contributed by atoms with E-state index in [1.54, 1.807) is 12.1 Å². The number of rotatable bonds is 6. The van der Waals surface area contributed by atoms with Crippen LogP contribution in [0.5, 0.6) is 0 Å². The van der Waals surface area contributed by atoms with Gasteiger partial charge in [0, 0.05) is 42.6 Å². The minimum absolute atomic E-state index is 0. The molecule has 5 rings (SSSR count). The number of nitrogens with one attached hydrogen (secondary N) is 4. The number of likely N-dealkylation sites (tertiary alicyclic amines) is 1. The molecule has 0 aromatic heterocycles. The van der Waals surface area contributed by atoms with E-state index in [-0.39, 0.29) is 16.0 Å².